The van der Waals surface area contributed by atoms with Crippen LogP contribution >= 0.6 is 0 Å². The fraction of sp³-hybridized carbons (Fsp3) is 1.00. The van der Waals surface area contributed by atoms with Gasteiger partial charge in [0.15, 0.2) is 0 Å². The molecule has 3 fully saturated rings. The van der Waals surface area contributed by atoms with E-state index in [-0.39, 0.29) is 0 Å². The highest BCUT2D eigenvalue weighted by Gasteiger charge is 3.22. The van der Waals surface area contributed by atoms with Gasteiger partial charge in [-0.15, -0.1) is 0 Å². The molecule has 30 heteroatoms. The molecular formula is C17F30. The summed E-state index contributed by atoms with van der Waals surface area (Å²) < 4.78 is 433. The van der Waals surface area contributed by atoms with Crippen LogP contribution in [-0.2, 0) is 0 Å². The zero-order valence-corrected chi connectivity index (χ0v) is 19.8. The second-order valence-electron chi connectivity index (χ2n) is 10.1. The first-order chi connectivity index (χ1) is 19.8. The molecule has 3 saturated carbocycles. The summed E-state index contributed by atoms with van der Waals surface area (Å²) in [7, 11) is 0. The van der Waals surface area contributed by atoms with E-state index in [1.165, 1.54) is 0 Å². The summed E-state index contributed by atoms with van der Waals surface area (Å²) in [5.41, 5.74) is -43.5. The van der Waals surface area contributed by atoms with Crippen molar-refractivity contribution >= 4 is 0 Å². The second kappa shape index (κ2) is 8.10. The monoisotopic (exact) mass is 774 g/mol. The average molecular weight is 774 g/mol. The Labute approximate surface area is 233 Å². The quantitative estimate of drug-likeness (QED) is 0.233. The van der Waals surface area contributed by atoms with E-state index in [1.54, 1.807) is 0 Å². The number of alkyl halides is 30. The lowest BCUT2D eigenvalue weighted by Gasteiger charge is -2.71. The Balaban J connectivity index is 3.07. The molecule has 0 aromatic carbocycles. The van der Waals surface area contributed by atoms with Crippen LogP contribution in [0.1, 0.15) is 0 Å². The van der Waals surface area contributed by atoms with Gasteiger partial charge < -0.3 is 0 Å². The maximum Gasteiger partial charge on any atom is 0.407 e. The van der Waals surface area contributed by atoms with Crippen LogP contribution in [0.25, 0.3) is 0 Å². The smallest absolute Gasteiger partial charge is 0.231 e. The molecule has 3 aliphatic rings. The van der Waals surface area contributed by atoms with Crippen LogP contribution in [0, 0.1) is 5.41 Å². The van der Waals surface area contributed by atoms with Crippen molar-refractivity contribution in [2.24, 2.45) is 5.41 Å². The lowest BCUT2D eigenvalue weighted by atomic mass is 9.39. The molecule has 0 aliphatic heterocycles. The van der Waals surface area contributed by atoms with Crippen molar-refractivity contribution in [2.75, 3.05) is 0 Å². The van der Waals surface area contributed by atoms with Crippen molar-refractivity contribution in [3.63, 3.8) is 0 Å². The van der Waals surface area contributed by atoms with Gasteiger partial charge in [0.1, 0.15) is 0 Å². The Kier molecular flexibility index (Phi) is 6.78. The van der Waals surface area contributed by atoms with Crippen LogP contribution in [0.3, 0.4) is 0 Å². The fourth-order valence-corrected chi connectivity index (χ4v) is 5.75. The van der Waals surface area contributed by atoms with E-state index in [4.69, 9.17) is 0 Å². The van der Waals surface area contributed by atoms with E-state index < -0.39 is 99.7 Å². The minimum atomic E-state index is -11.2. The van der Waals surface area contributed by atoms with E-state index in [0.717, 1.165) is 0 Å². The molecule has 0 aromatic heterocycles. The van der Waals surface area contributed by atoms with Crippen molar-refractivity contribution in [3.8, 4) is 0 Å². The molecular weight excluding hydrogens is 774 g/mol. The van der Waals surface area contributed by atoms with Gasteiger partial charge in [0.2, 0.25) is 5.41 Å². The maximum absolute atomic E-state index is 16.1. The van der Waals surface area contributed by atoms with Crippen LogP contribution in [0.5, 0.6) is 0 Å². The zero-order valence-electron chi connectivity index (χ0n) is 19.8. The number of hydrogen-bond donors (Lipinski definition) is 0. The van der Waals surface area contributed by atoms with Gasteiger partial charge in [0.25, 0.3) is 17.0 Å². The highest BCUT2D eigenvalue weighted by molar-refractivity contribution is 5.49. The predicted octanol–water partition coefficient (Wildman–Crippen LogP) is 9.32. The molecule has 0 heterocycles. The molecule has 0 radical (unpaired) electrons. The zero-order chi connectivity index (χ0) is 38.5. The first-order valence-electron chi connectivity index (χ1n) is 10.4. The number of rotatable bonds is 1. The Morgan fingerprint density at radius 2 is 0.362 bits per heavy atom. The highest BCUT2D eigenvalue weighted by Crippen LogP contribution is 2.90. The van der Waals surface area contributed by atoms with Gasteiger partial charge in [-0.25, -0.2) is 13.2 Å². The largest absolute Gasteiger partial charge is 0.407 e. The summed E-state index contributed by atoms with van der Waals surface area (Å²) in [6.07, 6.45) is -10.4. The van der Waals surface area contributed by atoms with Gasteiger partial charge in [0.05, 0.1) is 0 Å². The second-order valence-corrected chi connectivity index (χ2v) is 10.1. The van der Waals surface area contributed by atoms with Crippen molar-refractivity contribution in [1.82, 2.24) is 0 Å². The topological polar surface area (TPSA) is 0 Å². The molecule has 0 bridgehead atoms. The summed E-state index contributed by atoms with van der Waals surface area (Å²) in [4.78, 5) is 0. The van der Waals surface area contributed by atoms with Crippen LogP contribution in [0.15, 0.2) is 0 Å². The van der Waals surface area contributed by atoms with E-state index in [2.05, 4.69) is 0 Å². The summed E-state index contributed by atoms with van der Waals surface area (Å²) >= 11 is 0. The van der Waals surface area contributed by atoms with Gasteiger partial charge >= 0.3 is 77.2 Å². The Morgan fingerprint density at radius 1 is 0.191 bits per heavy atom. The first-order valence-corrected chi connectivity index (χ1v) is 10.4. The lowest BCUT2D eigenvalue weighted by Crippen LogP contribution is -3.04. The van der Waals surface area contributed by atoms with Gasteiger partial charge in [-0.05, 0) is 0 Å². The van der Waals surface area contributed by atoms with E-state index >= 15 is 13.2 Å². The van der Waals surface area contributed by atoms with E-state index in [1.807, 2.05) is 0 Å². The Bertz CT molecular complexity index is 1310. The third-order valence-electron chi connectivity index (χ3n) is 8.12. The minimum Gasteiger partial charge on any atom is -0.231 e. The van der Waals surface area contributed by atoms with Crippen LogP contribution in [0.4, 0.5) is 132 Å². The number of hydrogen-bond acceptors (Lipinski definition) is 0. The summed E-state index contributed by atoms with van der Waals surface area (Å²) in [6, 6.07) is 0. The molecule has 0 nitrogen and oxygen atoms in total. The third-order valence-corrected chi connectivity index (χ3v) is 8.12. The van der Waals surface area contributed by atoms with Crippen LogP contribution in [0.2, 0.25) is 0 Å². The third kappa shape index (κ3) is 2.70. The molecule has 3 rings (SSSR count). The molecule has 47 heavy (non-hydrogen) atoms. The average Bonchev–Trinajstić information content (AvgIpc) is 2.83. The molecule has 278 valence electrons. The molecule has 0 spiro atoms. The first kappa shape index (κ1) is 39.3. The maximum atomic E-state index is 16.1. The number of fused-ring (bicyclic) bond motifs is 1. The predicted molar refractivity (Wildman–Crippen MR) is 79.4 cm³/mol. The molecule has 3 aliphatic carbocycles. The van der Waals surface area contributed by atoms with E-state index in [0.29, 0.717) is 0 Å². The van der Waals surface area contributed by atoms with E-state index in [9.17, 15) is 119 Å². The van der Waals surface area contributed by atoms with Crippen molar-refractivity contribution in [1.29, 1.82) is 0 Å². The molecule has 3 unspecified atom stereocenters. The highest BCUT2D eigenvalue weighted by atomic mass is 19.4. The van der Waals surface area contributed by atoms with Crippen molar-refractivity contribution in [3.05, 3.63) is 0 Å². The SMILES string of the molecule is FC(F)(F)C1(C2(F)C(F)(F)C(F)(F)C(F)(F)C(F)(F)C2(F)F)C(F)(F)C(F)(F)C(F)(F)C2(F)C(F)(F)C(F)(F)C(F)(F)C(F)(F)C21F. The summed E-state index contributed by atoms with van der Waals surface area (Å²) in [5.74, 6) is -118. The van der Waals surface area contributed by atoms with Crippen molar-refractivity contribution < 1.29 is 132 Å². The standard InChI is InChI=1S/C17F30/c18-2-1(17(45,46)47,3(19)7(25,26)13(37,38)16(43,44)14(39,40)8(3,27)28)5(21,22)11(33,34)9(29,30)4(2,20)10(31,32)15(41,42)12(35,36)6(2,23)24. The Hall–Kier alpha value is -2.10. The molecule has 0 N–H and O–H groups in total. The number of halogens is 30. The Morgan fingerprint density at radius 3 is 0.596 bits per heavy atom. The fourth-order valence-electron chi connectivity index (χ4n) is 5.75. The van der Waals surface area contributed by atoms with Crippen LogP contribution < -0.4 is 0 Å². The van der Waals surface area contributed by atoms with Gasteiger partial charge in [-0.3, -0.25) is 0 Å². The van der Waals surface area contributed by atoms with Gasteiger partial charge in [-0.2, -0.15) is 119 Å². The summed E-state index contributed by atoms with van der Waals surface area (Å²) in [6.45, 7) is 0. The van der Waals surface area contributed by atoms with Gasteiger partial charge in [0, 0.05) is 0 Å². The molecule has 0 aromatic rings. The molecule has 0 amide bonds. The minimum absolute atomic E-state index is 9.07. The van der Waals surface area contributed by atoms with Crippen LogP contribution in [-0.4, -0.2) is 94.3 Å². The summed E-state index contributed by atoms with van der Waals surface area (Å²) in [5, 5.41) is 0. The molecule has 0 saturated heterocycles. The van der Waals surface area contributed by atoms with Gasteiger partial charge in [-0.1, -0.05) is 0 Å². The van der Waals surface area contributed by atoms with Crippen molar-refractivity contribution in [2.45, 2.75) is 94.3 Å². The lowest BCUT2D eigenvalue weighted by molar-refractivity contribution is -0.606. The normalized spacial score (nSPS) is 41.7. The molecule has 3 atom stereocenters.